The molecule has 0 bridgehead atoms. The minimum Gasteiger partial charge on any atom is -0.331 e. The zero-order valence-corrected chi connectivity index (χ0v) is 8.62. The highest BCUT2D eigenvalue weighted by Crippen LogP contribution is 2.17. The second kappa shape index (κ2) is 3.95. The quantitative estimate of drug-likeness (QED) is 0.698. The van der Waals surface area contributed by atoms with Crippen molar-refractivity contribution < 1.29 is 4.79 Å². The normalized spacial score (nSPS) is 22.4. The van der Waals surface area contributed by atoms with Crippen molar-refractivity contribution in [2.24, 2.45) is 0 Å². The SMILES string of the molecule is CC1CSCCN1C(=O)c1nn[nH]n1. The highest BCUT2D eigenvalue weighted by atomic mass is 32.2. The van der Waals surface area contributed by atoms with Crippen LogP contribution in [0.4, 0.5) is 0 Å². The Bertz CT molecular complexity index is 314. The van der Waals surface area contributed by atoms with Crippen molar-refractivity contribution in [2.45, 2.75) is 13.0 Å². The molecule has 1 saturated heterocycles. The Morgan fingerprint density at radius 3 is 3.21 bits per heavy atom. The van der Waals surface area contributed by atoms with Crippen molar-refractivity contribution in [3.05, 3.63) is 5.82 Å². The smallest absolute Gasteiger partial charge is 0.295 e. The molecule has 1 unspecified atom stereocenters. The van der Waals surface area contributed by atoms with Crippen LogP contribution < -0.4 is 0 Å². The molecule has 1 aliphatic heterocycles. The van der Waals surface area contributed by atoms with Crippen LogP contribution in [0.3, 0.4) is 0 Å². The van der Waals surface area contributed by atoms with E-state index in [1.54, 1.807) is 4.90 Å². The first-order valence-electron chi connectivity index (χ1n) is 4.41. The van der Waals surface area contributed by atoms with E-state index < -0.39 is 0 Å². The Balaban J connectivity index is 2.10. The van der Waals surface area contributed by atoms with Crippen molar-refractivity contribution in [1.29, 1.82) is 0 Å². The van der Waals surface area contributed by atoms with E-state index in [1.807, 2.05) is 18.7 Å². The molecule has 76 valence electrons. The Morgan fingerprint density at radius 2 is 2.57 bits per heavy atom. The molecule has 0 radical (unpaired) electrons. The molecule has 2 rings (SSSR count). The first kappa shape index (κ1) is 9.45. The van der Waals surface area contributed by atoms with Crippen molar-refractivity contribution in [3.63, 3.8) is 0 Å². The molecule has 14 heavy (non-hydrogen) atoms. The number of aromatic nitrogens is 4. The molecular formula is C7H11N5OS. The van der Waals surface area contributed by atoms with Gasteiger partial charge >= 0.3 is 0 Å². The number of hydrogen-bond donors (Lipinski definition) is 1. The first-order valence-corrected chi connectivity index (χ1v) is 5.56. The van der Waals surface area contributed by atoms with Gasteiger partial charge < -0.3 is 4.90 Å². The number of nitrogens with zero attached hydrogens (tertiary/aromatic N) is 4. The second-order valence-corrected chi connectivity index (χ2v) is 4.31. The summed E-state index contributed by atoms with van der Waals surface area (Å²) in [6, 6.07) is 0.250. The summed E-state index contributed by atoms with van der Waals surface area (Å²) in [5.74, 6) is 1.98. The fourth-order valence-corrected chi connectivity index (χ4v) is 2.42. The number of amides is 1. The van der Waals surface area contributed by atoms with E-state index in [1.165, 1.54) is 0 Å². The van der Waals surface area contributed by atoms with Crippen LogP contribution >= 0.6 is 11.8 Å². The highest BCUT2D eigenvalue weighted by molar-refractivity contribution is 7.99. The number of nitrogens with one attached hydrogen (secondary N) is 1. The summed E-state index contributed by atoms with van der Waals surface area (Å²) in [5.41, 5.74) is 0. The monoisotopic (exact) mass is 213 g/mol. The standard InChI is InChI=1S/C7H11N5OS/c1-5-4-14-3-2-12(5)7(13)6-8-10-11-9-6/h5H,2-4H2,1H3,(H,8,9,10,11). The lowest BCUT2D eigenvalue weighted by atomic mass is 10.3. The van der Waals surface area contributed by atoms with Gasteiger partial charge in [0, 0.05) is 24.1 Å². The molecule has 1 aliphatic rings. The summed E-state index contributed by atoms with van der Waals surface area (Å²) in [7, 11) is 0. The maximum absolute atomic E-state index is 11.8. The van der Waals surface area contributed by atoms with Crippen molar-refractivity contribution in [2.75, 3.05) is 18.1 Å². The molecule has 1 fully saturated rings. The zero-order valence-electron chi connectivity index (χ0n) is 7.80. The van der Waals surface area contributed by atoms with Crippen molar-refractivity contribution >= 4 is 17.7 Å². The molecule has 1 aromatic rings. The maximum Gasteiger partial charge on any atom is 0.295 e. The van der Waals surface area contributed by atoms with Crippen LogP contribution in [0.25, 0.3) is 0 Å². The Labute approximate surface area is 85.4 Å². The third kappa shape index (κ3) is 1.72. The third-order valence-electron chi connectivity index (χ3n) is 2.17. The molecule has 6 nitrogen and oxygen atoms in total. The van der Waals surface area contributed by atoms with Crippen LogP contribution in [0.2, 0.25) is 0 Å². The summed E-state index contributed by atoms with van der Waals surface area (Å²) in [5, 5.41) is 13.0. The van der Waals surface area contributed by atoms with E-state index in [-0.39, 0.29) is 17.8 Å². The number of H-pyrrole nitrogens is 1. The zero-order chi connectivity index (χ0) is 9.97. The van der Waals surface area contributed by atoms with Gasteiger partial charge in [-0.05, 0) is 12.1 Å². The van der Waals surface area contributed by atoms with E-state index >= 15 is 0 Å². The van der Waals surface area contributed by atoms with Gasteiger partial charge in [-0.25, -0.2) is 0 Å². The van der Waals surface area contributed by atoms with Gasteiger partial charge in [0.15, 0.2) is 0 Å². The van der Waals surface area contributed by atoms with Gasteiger partial charge in [0.2, 0.25) is 0 Å². The van der Waals surface area contributed by atoms with E-state index in [9.17, 15) is 4.79 Å². The number of carbonyl (C=O) groups is 1. The molecule has 7 heteroatoms. The third-order valence-corrected chi connectivity index (χ3v) is 3.35. The fraction of sp³-hybridized carbons (Fsp3) is 0.714. The fourth-order valence-electron chi connectivity index (χ4n) is 1.41. The molecule has 1 N–H and O–H groups in total. The second-order valence-electron chi connectivity index (χ2n) is 3.16. The average molecular weight is 213 g/mol. The largest absolute Gasteiger partial charge is 0.331 e. The van der Waals surface area contributed by atoms with Gasteiger partial charge in [-0.1, -0.05) is 0 Å². The lowest BCUT2D eigenvalue weighted by molar-refractivity contribution is 0.0703. The molecule has 0 spiro atoms. The Hall–Kier alpha value is -1.11. The van der Waals surface area contributed by atoms with Gasteiger partial charge in [-0.2, -0.15) is 17.0 Å². The molecule has 0 aromatic carbocycles. The summed E-state index contributed by atoms with van der Waals surface area (Å²) in [6.07, 6.45) is 0. The van der Waals surface area contributed by atoms with E-state index in [2.05, 4.69) is 20.6 Å². The van der Waals surface area contributed by atoms with E-state index in [4.69, 9.17) is 0 Å². The van der Waals surface area contributed by atoms with Crippen LogP contribution in [0.1, 0.15) is 17.5 Å². The van der Waals surface area contributed by atoms with E-state index in [0.717, 1.165) is 18.1 Å². The first-order chi connectivity index (χ1) is 6.79. The van der Waals surface area contributed by atoms with Crippen LogP contribution in [0.15, 0.2) is 0 Å². The van der Waals surface area contributed by atoms with Crippen LogP contribution in [-0.2, 0) is 0 Å². The maximum atomic E-state index is 11.8. The summed E-state index contributed by atoms with van der Waals surface area (Å²) < 4.78 is 0. The average Bonchev–Trinajstić information content (AvgIpc) is 2.70. The van der Waals surface area contributed by atoms with Gasteiger partial charge in [0.1, 0.15) is 0 Å². The van der Waals surface area contributed by atoms with E-state index in [0.29, 0.717) is 0 Å². The van der Waals surface area contributed by atoms with Crippen LogP contribution in [0, 0.1) is 0 Å². The highest BCUT2D eigenvalue weighted by Gasteiger charge is 2.26. The van der Waals surface area contributed by atoms with Crippen molar-refractivity contribution in [1.82, 2.24) is 25.5 Å². The minimum atomic E-state index is -0.133. The molecular weight excluding hydrogens is 202 g/mol. The number of carbonyl (C=O) groups excluding carboxylic acids is 1. The van der Waals surface area contributed by atoms with Gasteiger partial charge in [0.05, 0.1) is 0 Å². The molecule has 0 saturated carbocycles. The van der Waals surface area contributed by atoms with Crippen molar-refractivity contribution in [3.8, 4) is 0 Å². The number of tetrazole rings is 1. The predicted octanol–water partition coefficient (Wildman–Crippen LogP) is -0.223. The lowest BCUT2D eigenvalue weighted by Crippen LogP contribution is -2.44. The minimum absolute atomic E-state index is 0.133. The molecule has 0 aliphatic carbocycles. The van der Waals surface area contributed by atoms with Gasteiger partial charge in [-0.15, -0.1) is 10.2 Å². The summed E-state index contributed by atoms with van der Waals surface area (Å²) in [6.45, 7) is 2.79. The summed E-state index contributed by atoms with van der Waals surface area (Å²) >= 11 is 1.86. The van der Waals surface area contributed by atoms with Gasteiger partial charge in [-0.3, -0.25) is 4.79 Å². The predicted molar refractivity (Wildman–Crippen MR) is 52.0 cm³/mol. The molecule has 1 atom stereocenters. The number of thioether (sulfide) groups is 1. The number of hydrogen-bond acceptors (Lipinski definition) is 5. The van der Waals surface area contributed by atoms with Gasteiger partial charge in [0.25, 0.3) is 11.7 Å². The number of rotatable bonds is 1. The Kier molecular flexibility index (Phi) is 2.67. The number of aromatic amines is 1. The summed E-state index contributed by atoms with van der Waals surface area (Å²) in [4.78, 5) is 13.6. The van der Waals surface area contributed by atoms with Crippen LogP contribution in [-0.4, -0.2) is 55.5 Å². The lowest BCUT2D eigenvalue weighted by Gasteiger charge is -2.31. The van der Waals surface area contributed by atoms with Crippen LogP contribution in [0.5, 0.6) is 0 Å². The topological polar surface area (TPSA) is 74.8 Å². The molecule has 2 heterocycles. The molecule has 1 aromatic heterocycles. The molecule has 1 amide bonds. The Morgan fingerprint density at radius 1 is 1.71 bits per heavy atom.